The maximum absolute atomic E-state index is 2.37. The van der Waals surface area contributed by atoms with E-state index in [0.717, 1.165) is 0 Å². The van der Waals surface area contributed by atoms with E-state index in [-0.39, 0.29) is 0 Å². The lowest BCUT2D eigenvalue weighted by molar-refractivity contribution is 1.60. The van der Waals surface area contributed by atoms with Crippen molar-refractivity contribution in [2.75, 3.05) is 0 Å². The molecule has 9 aromatic carbocycles. The number of rotatable bonds is 4. The maximum Gasteiger partial charge on any atom is -0.00262 e. The Labute approximate surface area is 268 Å². The molecule has 9 aromatic rings. The first-order valence-electron chi connectivity index (χ1n) is 15.9. The van der Waals surface area contributed by atoms with E-state index in [1.54, 1.807) is 0 Å². The Morgan fingerprint density at radius 3 is 1.30 bits per heavy atom. The monoisotopic (exact) mass is 582 g/mol. The summed E-state index contributed by atoms with van der Waals surface area (Å²) in [7, 11) is 0. The van der Waals surface area contributed by atoms with Gasteiger partial charge in [0.1, 0.15) is 0 Å². The highest BCUT2D eigenvalue weighted by Gasteiger charge is 2.17. The van der Waals surface area contributed by atoms with Crippen LogP contribution in [-0.2, 0) is 0 Å². The van der Waals surface area contributed by atoms with Crippen LogP contribution >= 0.6 is 0 Å². The molecular weight excluding hydrogens is 553 g/mol. The summed E-state index contributed by atoms with van der Waals surface area (Å²) in [5.74, 6) is 0. The molecule has 0 aliphatic heterocycles. The minimum atomic E-state index is 1.21. The summed E-state index contributed by atoms with van der Waals surface area (Å²) in [4.78, 5) is 0. The van der Waals surface area contributed by atoms with Crippen LogP contribution in [0.1, 0.15) is 0 Å². The van der Waals surface area contributed by atoms with Gasteiger partial charge in [-0.3, -0.25) is 0 Å². The van der Waals surface area contributed by atoms with E-state index in [0.29, 0.717) is 0 Å². The smallest absolute Gasteiger partial charge is 0.00262 e. The minimum Gasteiger partial charge on any atom is -0.0616 e. The lowest BCUT2D eigenvalue weighted by Gasteiger charge is -2.18. The summed E-state index contributed by atoms with van der Waals surface area (Å²) in [5, 5.41) is 10.1. The van der Waals surface area contributed by atoms with Gasteiger partial charge in [-0.2, -0.15) is 0 Å². The van der Waals surface area contributed by atoms with Gasteiger partial charge in [0, 0.05) is 0 Å². The summed E-state index contributed by atoms with van der Waals surface area (Å²) in [6.07, 6.45) is 0. The number of hydrogen-bond donors (Lipinski definition) is 0. The van der Waals surface area contributed by atoms with E-state index in [4.69, 9.17) is 0 Å². The van der Waals surface area contributed by atoms with E-state index >= 15 is 0 Å². The SMILES string of the molecule is c1cc(-c2cccc(-c3c4ccccc4c(-c4ccc5ccccc5c4)c4ccccc34)c2)cc(-c2cccc3ccccc23)c1. The predicted molar refractivity (Wildman–Crippen MR) is 198 cm³/mol. The van der Waals surface area contributed by atoms with Crippen molar-refractivity contribution in [2.45, 2.75) is 0 Å². The first kappa shape index (κ1) is 26.4. The molecule has 0 bridgehead atoms. The molecule has 0 saturated heterocycles. The molecule has 9 rings (SSSR count). The third-order valence-electron chi connectivity index (χ3n) is 9.42. The second kappa shape index (κ2) is 10.9. The normalized spacial score (nSPS) is 11.5. The first-order chi connectivity index (χ1) is 22.8. The molecule has 46 heavy (non-hydrogen) atoms. The van der Waals surface area contributed by atoms with Crippen molar-refractivity contribution < 1.29 is 0 Å². The molecule has 0 atom stereocenters. The van der Waals surface area contributed by atoms with Crippen LogP contribution in [0.5, 0.6) is 0 Å². The molecule has 0 saturated carbocycles. The highest BCUT2D eigenvalue weighted by molar-refractivity contribution is 6.21. The Bertz CT molecular complexity index is 2520. The quantitative estimate of drug-likeness (QED) is 0.181. The lowest BCUT2D eigenvalue weighted by Crippen LogP contribution is -1.91. The number of hydrogen-bond acceptors (Lipinski definition) is 0. The van der Waals surface area contributed by atoms with E-state index in [1.165, 1.54) is 87.6 Å². The molecule has 0 radical (unpaired) electrons. The van der Waals surface area contributed by atoms with E-state index in [9.17, 15) is 0 Å². The Morgan fingerprint density at radius 2 is 0.652 bits per heavy atom. The van der Waals surface area contributed by atoms with Crippen molar-refractivity contribution in [1.82, 2.24) is 0 Å². The van der Waals surface area contributed by atoms with Gasteiger partial charge in [0.25, 0.3) is 0 Å². The zero-order chi connectivity index (χ0) is 30.5. The number of benzene rings is 9. The fourth-order valence-electron chi connectivity index (χ4n) is 7.29. The predicted octanol–water partition coefficient (Wildman–Crippen LogP) is 13.0. The van der Waals surface area contributed by atoms with Gasteiger partial charge in [0.2, 0.25) is 0 Å². The Morgan fingerprint density at radius 1 is 0.217 bits per heavy atom. The second-order valence-corrected chi connectivity index (χ2v) is 12.1. The van der Waals surface area contributed by atoms with Crippen LogP contribution in [-0.4, -0.2) is 0 Å². The molecule has 0 amide bonds. The average molecular weight is 583 g/mol. The maximum atomic E-state index is 2.37. The van der Waals surface area contributed by atoms with Gasteiger partial charge in [-0.1, -0.05) is 164 Å². The van der Waals surface area contributed by atoms with Crippen molar-refractivity contribution in [2.24, 2.45) is 0 Å². The van der Waals surface area contributed by atoms with Crippen LogP contribution in [0.25, 0.3) is 87.6 Å². The molecule has 0 nitrogen and oxygen atoms in total. The van der Waals surface area contributed by atoms with Crippen LogP contribution in [0.2, 0.25) is 0 Å². The molecule has 0 spiro atoms. The zero-order valence-electron chi connectivity index (χ0n) is 25.3. The third kappa shape index (κ3) is 4.38. The molecule has 0 heterocycles. The molecule has 0 heteroatoms. The standard InChI is InChI=1S/C46H30/c1-2-14-33-29-38(27-26-31(33)12-1)46-43-23-7-5-21-41(43)45(42-22-6-8-24-44(42)46)37-19-10-17-35(30-37)34-16-9-18-36(28-34)40-25-11-15-32-13-3-4-20-39(32)40/h1-30H. The molecule has 214 valence electrons. The molecule has 0 N–H and O–H groups in total. The Kier molecular flexibility index (Phi) is 6.25. The Hall–Kier alpha value is -5.98. The lowest BCUT2D eigenvalue weighted by atomic mass is 9.85. The van der Waals surface area contributed by atoms with E-state index in [1.807, 2.05) is 0 Å². The highest BCUT2D eigenvalue weighted by Crippen LogP contribution is 2.44. The summed E-state index contributed by atoms with van der Waals surface area (Å²) < 4.78 is 0. The Balaban J connectivity index is 1.23. The van der Waals surface area contributed by atoms with Crippen molar-refractivity contribution in [3.05, 3.63) is 182 Å². The summed E-state index contributed by atoms with van der Waals surface area (Å²) >= 11 is 0. The van der Waals surface area contributed by atoms with Gasteiger partial charge in [-0.05, 0) is 106 Å². The van der Waals surface area contributed by atoms with Gasteiger partial charge in [0.05, 0.1) is 0 Å². The molecular formula is C46H30. The van der Waals surface area contributed by atoms with Gasteiger partial charge < -0.3 is 0 Å². The van der Waals surface area contributed by atoms with Gasteiger partial charge in [-0.25, -0.2) is 0 Å². The molecule has 0 unspecified atom stereocenters. The molecule has 0 aliphatic rings. The van der Waals surface area contributed by atoms with Crippen LogP contribution in [0.15, 0.2) is 182 Å². The summed E-state index contributed by atoms with van der Waals surface area (Å²) in [6.45, 7) is 0. The number of fused-ring (bicyclic) bond motifs is 4. The molecule has 0 fully saturated rings. The van der Waals surface area contributed by atoms with Crippen LogP contribution in [0.3, 0.4) is 0 Å². The molecule has 0 aromatic heterocycles. The van der Waals surface area contributed by atoms with Gasteiger partial charge >= 0.3 is 0 Å². The van der Waals surface area contributed by atoms with E-state index < -0.39 is 0 Å². The fraction of sp³-hybridized carbons (Fsp3) is 0. The van der Waals surface area contributed by atoms with Crippen molar-refractivity contribution in [1.29, 1.82) is 0 Å². The second-order valence-electron chi connectivity index (χ2n) is 12.1. The van der Waals surface area contributed by atoms with E-state index in [2.05, 4.69) is 182 Å². The molecule has 0 aliphatic carbocycles. The van der Waals surface area contributed by atoms with Crippen molar-refractivity contribution in [3.63, 3.8) is 0 Å². The average Bonchev–Trinajstić information content (AvgIpc) is 3.13. The highest BCUT2D eigenvalue weighted by atomic mass is 14.2. The van der Waals surface area contributed by atoms with Crippen LogP contribution in [0, 0.1) is 0 Å². The van der Waals surface area contributed by atoms with Crippen LogP contribution < -0.4 is 0 Å². The first-order valence-corrected chi connectivity index (χ1v) is 15.9. The third-order valence-corrected chi connectivity index (χ3v) is 9.42. The van der Waals surface area contributed by atoms with Crippen LogP contribution in [0.4, 0.5) is 0 Å². The van der Waals surface area contributed by atoms with Crippen molar-refractivity contribution in [3.8, 4) is 44.5 Å². The minimum absolute atomic E-state index is 1.21. The summed E-state index contributed by atoms with van der Waals surface area (Å²) in [6, 6.07) is 66.5. The van der Waals surface area contributed by atoms with Crippen molar-refractivity contribution >= 4 is 43.1 Å². The zero-order valence-corrected chi connectivity index (χ0v) is 25.3. The largest absolute Gasteiger partial charge is 0.0616 e. The summed E-state index contributed by atoms with van der Waals surface area (Å²) in [5.41, 5.74) is 9.97. The fourth-order valence-corrected chi connectivity index (χ4v) is 7.29. The van der Waals surface area contributed by atoms with Gasteiger partial charge in [0.15, 0.2) is 0 Å². The topological polar surface area (TPSA) is 0 Å². The van der Waals surface area contributed by atoms with Gasteiger partial charge in [-0.15, -0.1) is 0 Å².